The summed E-state index contributed by atoms with van der Waals surface area (Å²) in [6, 6.07) is 0.231. The molecule has 1 aliphatic heterocycles. The summed E-state index contributed by atoms with van der Waals surface area (Å²) in [4.78, 5) is 11.7. The van der Waals surface area contributed by atoms with Crippen LogP contribution in [0, 0.1) is 0 Å². The average molecular weight is 231 g/mol. The highest BCUT2D eigenvalue weighted by Crippen LogP contribution is 2.15. The lowest BCUT2D eigenvalue weighted by atomic mass is 10.3. The summed E-state index contributed by atoms with van der Waals surface area (Å²) in [5.74, 6) is 0.393. The zero-order valence-electron chi connectivity index (χ0n) is 8.23. The van der Waals surface area contributed by atoms with Crippen molar-refractivity contribution in [3.05, 3.63) is 5.28 Å². The Labute approximate surface area is 92.0 Å². The number of halogens is 1. The van der Waals surface area contributed by atoms with Crippen molar-refractivity contribution in [3.63, 3.8) is 0 Å². The third-order valence-electron chi connectivity index (χ3n) is 1.97. The van der Waals surface area contributed by atoms with Crippen LogP contribution >= 0.6 is 11.6 Å². The SMILES string of the molecule is CNc1nc(Cl)nc(OC2CCOC2)n1. The van der Waals surface area contributed by atoms with Gasteiger partial charge < -0.3 is 14.8 Å². The molecule has 1 N–H and O–H groups in total. The maximum atomic E-state index is 5.70. The first kappa shape index (κ1) is 10.4. The van der Waals surface area contributed by atoms with Crippen LogP contribution in [-0.4, -0.2) is 41.3 Å². The molecule has 1 atom stereocenters. The molecular formula is C8H11ClN4O2. The van der Waals surface area contributed by atoms with Gasteiger partial charge >= 0.3 is 6.01 Å². The fraction of sp³-hybridized carbons (Fsp3) is 0.625. The molecule has 1 fully saturated rings. The molecule has 1 unspecified atom stereocenters. The zero-order valence-corrected chi connectivity index (χ0v) is 8.99. The summed E-state index contributed by atoms with van der Waals surface area (Å²) in [6.45, 7) is 1.28. The van der Waals surface area contributed by atoms with Crippen LogP contribution in [0.1, 0.15) is 6.42 Å². The Balaban J connectivity index is 2.09. The Bertz CT molecular complexity index is 343. The van der Waals surface area contributed by atoms with Gasteiger partial charge in [-0.2, -0.15) is 15.0 Å². The van der Waals surface area contributed by atoms with E-state index in [2.05, 4.69) is 20.3 Å². The fourth-order valence-corrected chi connectivity index (χ4v) is 1.40. The van der Waals surface area contributed by atoms with E-state index in [-0.39, 0.29) is 17.4 Å². The van der Waals surface area contributed by atoms with Crippen molar-refractivity contribution in [3.8, 4) is 6.01 Å². The Morgan fingerprint density at radius 2 is 2.33 bits per heavy atom. The van der Waals surface area contributed by atoms with Gasteiger partial charge in [0, 0.05) is 13.5 Å². The van der Waals surface area contributed by atoms with E-state index in [1.165, 1.54) is 0 Å². The van der Waals surface area contributed by atoms with Crippen molar-refractivity contribution < 1.29 is 9.47 Å². The van der Waals surface area contributed by atoms with Crippen LogP contribution in [-0.2, 0) is 4.74 Å². The van der Waals surface area contributed by atoms with E-state index in [9.17, 15) is 0 Å². The summed E-state index contributed by atoms with van der Waals surface area (Å²) in [6.07, 6.45) is 0.853. The number of hydrogen-bond acceptors (Lipinski definition) is 6. The Kier molecular flexibility index (Phi) is 3.17. The van der Waals surface area contributed by atoms with Crippen LogP contribution in [0.5, 0.6) is 6.01 Å². The summed E-state index contributed by atoms with van der Waals surface area (Å²) in [5, 5.41) is 2.89. The normalized spacial score (nSPS) is 20.3. The first-order valence-corrected chi connectivity index (χ1v) is 4.99. The van der Waals surface area contributed by atoms with Crippen molar-refractivity contribution in [1.29, 1.82) is 0 Å². The van der Waals surface area contributed by atoms with Crippen molar-refractivity contribution >= 4 is 17.5 Å². The Morgan fingerprint density at radius 1 is 1.47 bits per heavy atom. The molecule has 7 heteroatoms. The van der Waals surface area contributed by atoms with Gasteiger partial charge in [-0.25, -0.2) is 0 Å². The predicted octanol–water partition coefficient (Wildman–Crippen LogP) is 0.734. The average Bonchev–Trinajstić information content (AvgIpc) is 2.69. The highest BCUT2D eigenvalue weighted by Gasteiger charge is 2.19. The third-order valence-corrected chi connectivity index (χ3v) is 2.14. The van der Waals surface area contributed by atoms with Crippen LogP contribution in [0.25, 0.3) is 0 Å². The topological polar surface area (TPSA) is 69.2 Å². The molecule has 2 heterocycles. The molecule has 1 aromatic rings. The molecule has 2 rings (SSSR count). The lowest BCUT2D eigenvalue weighted by Crippen LogP contribution is -2.18. The third kappa shape index (κ3) is 2.66. The molecular weight excluding hydrogens is 220 g/mol. The van der Waals surface area contributed by atoms with Crippen LogP contribution < -0.4 is 10.1 Å². The highest BCUT2D eigenvalue weighted by atomic mass is 35.5. The van der Waals surface area contributed by atoms with Gasteiger partial charge in [-0.1, -0.05) is 0 Å². The predicted molar refractivity (Wildman–Crippen MR) is 54.2 cm³/mol. The molecule has 0 spiro atoms. The minimum atomic E-state index is 0.00757. The van der Waals surface area contributed by atoms with Gasteiger partial charge in [-0.3, -0.25) is 0 Å². The number of hydrogen-bond donors (Lipinski definition) is 1. The van der Waals surface area contributed by atoms with E-state index < -0.39 is 0 Å². The number of aromatic nitrogens is 3. The van der Waals surface area contributed by atoms with Crippen LogP contribution in [0.2, 0.25) is 5.28 Å². The van der Waals surface area contributed by atoms with E-state index in [1.807, 2.05) is 0 Å². The van der Waals surface area contributed by atoms with Gasteiger partial charge in [-0.15, -0.1) is 0 Å². The molecule has 1 aromatic heterocycles. The quantitative estimate of drug-likeness (QED) is 0.826. The maximum Gasteiger partial charge on any atom is 0.322 e. The van der Waals surface area contributed by atoms with Crippen molar-refractivity contribution in [1.82, 2.24) is 15.0 Å². The molecule has 0 amide bonds. The largest absolute Gasteiger partial charge is 0.457 e. The second-order valence-corrected chi connectivity index (χ2v) is 3.40. The van der Waals surface area contributed by atoms with Gasteiger partial charge in [-0.05, 0) is 11.6 Å². The van der Waals surface area contributed by atoms with E-state index in [4.69, 9.17) is 21.1 Å². The minimum Gasteiger partial charge on any atom is -0.457 e. The first-order chi connectivity index (χ1) is 7.28. The van der Waals surface area contributed by atoms with Gasteiger partial charge in [0.25, 0.3) is 0 Å². The van der Waals surface area contributed by atoms with Crippen LogP contribution in [0.4, 0.5) is 5.95 Å². The minimum absolute atomic E-state index is 0.00757. The summed E-state index contributed by atoms with van der Waals surface area (Å²) < 4.78 is 10.7. The molecule has 0 saturated carbocycles. The maximum absolute atomic E-state index is 5.70. The molecule has 1 saturated heterocycles. The summed E-state index contributed by atoms with van der Waals surface area (Å²) >= 11 is 5.70. The molecule has 0 radical (unpaired) electrons. The van der Waals surface area contributed by atoms with E-state index in [0.29, 0.717) is 19.2 Å². The second kappa shape index (κ2) is 4.59. The monoisotopic (exact) mass is 230 g/mol. The van der Waals surface area contributed by atoms with Gasteiger partial charge in [0.15, 0.2) is 0 Å². The molecule has 0 aliphatic carbocycles. The zero-order chi connectivity index (χ0) is 10.7. The van der Waals surface area contributed by atoms with Gasteiger partial charge in [0.05, 0.1) is 13.2 Å². The molecule has 6 nitrogen and oxygen atoms in total. The van der Waals surface area contributed by atoms with Crippen LogP contribution in [0.15, 0.2) is 0 Å². The molecule has 0 aromatic carbocycles. The van der Waals surface area contributed by atoms with E-state index in [1.54, 1.807) is 7.05 Å². The number of rotatable bonds is 3. The Hall–Kier alpha value is -1.14. The van der Waals surface area contributed by atoms with Crippen LogP contribution in [0.3, 0.4) is 0 Å². The molecule has 1 aliphatic rings. The van der Waals surface area contributed by atoms with Gasteiger partial charge in [0.2, 0.25) is 11.2 Å². The standard InChI is InChI=1S/C8H11ClN4O2/c1-10-7-11-6(9)12-8(13-7)15-5-2-3-14-4-5/h5H,2-4H2,1H3,(H,10,11,12,13). The van der Waals surface area contributed by atoms with Crippen molar-refractivity contribution in [2.75, 3.05) is 25.6 Å². The lowest BCUT2D eigenvalue weighted by molar-refractivity contribution is 0.134. The van der Waals surface area contributed by atoms with Crippen molar-refractivity contribution in [2.24, 2.45) is 0 Å². The Morgan fingerprint density at radius 3 is 3.00 bits per heavy atom. The molecule has 0 bridgehead atoms. The molecule has 15 heavy (non-hydrogen) atoms. The summed E-state index contributed by atoms with van der Waals surface area (Å²) in [7, 11) is 1.70. The number of nitrogens with one attached hydrogen (secondary N) is 1. The highest BCUT2D eigenvalue weighted by molar-refractivity contribution is 6.28. The van der Waals surface area contributed by atoms with E-state index >= 15 is 0 Å². The second-order valence-electron chi connectivity index (χ2n) is 3.06. The number of nitrogens with zero attached hydrogens (tertiary/aromatic N) is 3. The number of ether oxygens (including phenoxy) is 2. The smallest absolute Gasteiger partial charge is 0.322 e. The van der Waals surface area contributed by atoms with E-state index in [0.717, 1.165) is 6.42 Å². The lowest BCUT2D eigenvalue weighted by Gasteiger charge is -2.10. The first-order valence-electron chi connectivity index (χ1n) is 4.61. The van der Waals surface area contributed by atoms with Gasteiger partial charge in [0.1, 0.15) is 6.10 Å². The van der Waals surface area contributed by atoms with Crippen molar-refractivity contribution in [2.45, 2.75) is 12.5 Å². The summed E-state index contributed by atoms with van der Waals surface area (Å²) in [5.41, 5.74) is 0. The fourth-order valence-electron chi connectivity index (χ4n) is 1.25. The number of anilines is 1. The molecule has 82 valence electrons.